The molecule has 2 aliphatic heterocycles. The van der Waals surface area contributed by atoms with Crippen molar-refractivity contribution in [2.45, 2.75) is 119 Å². The summed E-state index contributed by atoms with van der Waals surface area (Å²) in [5.74, 6) is 2.69. The van der Waals surface area contributed by atoms with Gasteiger partial charge in [0.15, 0.2) is 0 Å². The van der Waals surface area contributed by atoms with Gasteiger partial charge in [0.2, 0.25) is 0 Å². The first kappa shape index (κ1) is 36.7. The van der Waals surface area contributed by atoms with Crippen molar-refractivity contribution in [1.29, 1.82) is 10.5 Å². The van der Waals surface area contributed by atoms with E-state index in [1.807, 2.05) is 0 Å². The lowest BCUT2D eigenvalue weighted by Gasteiger charge is -2.25. The van der Waals surface area contributed by atoms with Crippen LogP contribution in [0.3, 0.4) is 0 Å². The minimum atomic E-state index is -0.0850. The van der Waals surface area contributed by atoms with Crippen molar-refractivity contribution in [3.63, 3.8) is 0 Å². The topological polar surface area (TPSA) is 66.0 Å². The maximum atomic E-state index is 9.80. The molecule has 2 aromatic rings. The molecule has 2 aliphatic rings. The number of nitriles is 2. The molecule has 246 valence electrons. The first-order valence-corrected chi connectivity index (χ1v) is 20.0. The van der Waals surface area contributed by atoms with Gasteiger partial charge >= 0.3 is 0 Å². The van der Waals surface area contributed by atoms with Crippen LogP contribution in [0.25, 0.3) is 5.57 Å². The second kappa shape index (κ2) is 17.3. The second-order valence-electron chi connectivity index (χ2n) is 13.0. The van der Waals surface area contributed by atoms with Gasteiger partial charge in [-0.2, -0.15) is 10.5 Å². The lowest BCUT2D eigenvalue weighted by Crippen LogP contribution is -2.14. The van der Waals surface area contributed by atoms with E-state index in [-0.39, 0.29) is 11.0 Å². The molecule has 8 heteroatoms. The van der Waals surface area contributed by atoms with Crippen LogP contribution in [0.1, 0.15) is 105 Å². The van der Waals surface area contributed by atoms with Gasteiger partial charge in [-0.3, -0.25) is 0 Å². The van der Waals surface area contributed by atoms with E-state index in [0.717, 1.165) is 56.8 Å². The van der Waals surface area contributed by atoms with Gasteiger partial charge in [-0.25, -0.2) is 0 Å². The molecule has 0 N–H and O–H groups in total. The molecule has 4 nitrogen and oxygen atoms in total. The molecule has 2 unspecified atom stereocenters. The molecule has 4 rings (SSSR count). The van der Waals surface area contributed by atoms with Crippen LogP contribution in [0.15, 0.2) is 64.0 Å². The molecule has 0 bridgehead atoms. The highest BCUT2D eigenvalue weighted by Crippen LogP contribution is 2.69. The third kappa shape index (κ3) is 8.67. The minimum Gasteiger partial charge on any atom is -0.491 e. The van der Waals surface area contributed by atoms with Crippen molar-refractivity contribution in [2.75, 3.05) is 13.2 Å². The first-order chi connectivity index (χ1) is 22.2. The van der Waals surface area contributed by atoms with Crippen LogP contribution < -0.4 is 9.47 Å². The van der Waals surface area contributed by atoms with Crippen LogP contribution in [0.4, 0.5) is 0 Å². The van der Waals surface area contributed by atoms with E-state index in [4.69, 9.17) is 9.47 Å². The monoisotopic (exact) mass is 692 g/mol. The molecule has 2 heterocycles. The van der Waals surface area contributed by atoms with Gasteiger partial charge in [-0.1, -0.05) is 164 Å². The number of benzene rings is 2. The molecular formula is C38H48N2O2S4. The SMILES string of the molecule is CCCCC(CC)COc1c2c(c(OCC(CC)CCCC)c3c1SC(=C(c1ccccc1)C(C)(C)C)S3)SC(=C(C#N)C#N)S2. The molecule has 2 atom stereocenters. The number of hydrogen-bond acceptors (Lipinski definition) is 8. The average Bonchev–Trinajstić information content (AvgIpc) is 3.67. The zero-order chi connectivity index (χ0) is 33.3. The summed E-state index contributed by atoms with van der Waals surface area (Å²) in [5.41, 5.74) is 2.61. The molecule has 0 radical (unpaired) electrons. The van der Waals surface area contributed by atoms with Gasteiger partial charge in [0.05, 0.1) is 41.3 Å². The summed E-state index contributed by atoms with van der Waals surface area (Å²) in [6.45, 7) is 17.1. The normalized spacial score (nSPS) is 15.1. The Hall–Kier alpha value is -2.10. The number of hydrogen-bond donors (Lipinski definition) is 0. The van der Waals surface area contributed by atoms with Gasteiger partial charge in [0.25, 0.3) is 0 Å². The molecule has 0 saturated carbocycles. The van der Waals surface area contributed by atoms with E-state index in [0.29, 0.717) is 29.3 Å². The van der Waals surface area contributed by atoms with E-state index in [9.17, 15) is 10.5 Å². The van der Waals surface area contributed by atoms with Gasteiger partial charge in [0, 0.05) is 0 Å². The fraction of sp³-hybridized carbons (Fsp3) is 0.526. The lowest BCUT2D eigenvalue weighted by molar-refractivity contribution is 0.210. The third-order valence-electron chi connectivity index (χ3n) is 8.47. The molecule has 0 amide bonds. The van der Waals surface area contributed by atoms with E-state index < -0.39 is 0 Å². The molecule has 46 heavy (non-hydrogen) atoms. The Morgan fingerprint density at radius 1 is 0.696 bits per heavy atom. The van der Waals surface area contributed by atoms with Gasteiger partial charge < -0.3 is 9.47 Å². The maximum absolute atomic E-state index is 9.80. The number of unbranched alkanes of at least 4 members (excludes halogenated alkanes) is 2. The molecule has 0 spiro atoms. The smallest absolute Gasteiger partial charge is 0.150 e. The Labute approximate surface area is 294 Å². The number of ether oxygens (including phenoxy) is 2. The van der Waals surface area contributed by atoms with Gasteiger partial charge in [-0.05, 0) is 41.2 Å². The second-order valence-corrected chi connectivity index (χ2v) is 17.6. The Bertz CT molecular complexity index is 1430. The molecule has 0 fully saturated rings. The van der Waals surface area contributed by atoms with Crippen molar-refractivity contribution in [3.05, 3.63) is 49.9 Å². The van der Waals surface area contributed by atoms with Crippen LogP contribution in [0.5, 0.6) is 11.5 Å². The number of rotatable bonds is 15. The van der Waals surface area contributed by atoms with Gasteiger partial charge in [0.1, 0.15) is 29.2 Å². The Kier molecular flexibility index (Phi) is 13.8. The fourth-order valence-corrected chi connectivity index (χ4v) is 11.5. The number of allylic oxidation sites excluding steroid dienone is 2. The summed E-state index contributed by atoms with van der Waals surface area (Å²) < 4.78 is 15.7. The summed E-state index contributed by atoms with van der Waals surface area (Å²) in [6, 6.07) is 15.0. The summed E-state index contributed by atoms with van der Waals surface area (Å²) in [5, 5.41) is 19.6. The van der Waals surface area contributed by atoms with Crippen molar-refractivity contribution in [2.24, 2.45) is 17.3 Å². The molecule has 0 aromatic heterocycles. The fourth-order valence-electron chi connectivity index (χ4n) is 5.64. The van der Waals surface area contributed by atoms with Crippen molar-refractivity contribution in [1.82, 2.24) is 0 Å². The largest absolute Gasteiger partial charge is 0.491 e. The number of thioether (sulfide) groups is 4. The zero-order valence-electron chi connectivity index (χ0n) is 28.5. The minimum absolute atomic E-state index is 0.0850. The predicted octanol–water partition coefficient (Wildman–Crippen LogP) is 12.9. The average molecular weight is 693 g/mol. The lowest BCUT2D eigenvalue weighted by atomic mass is 9.83. The third-order valence-corrected chi connectivity index (χ3v) is 13.7. The van der Waals surface area contributed by atoms with E-state index in [1.165, 1.54) is 64.6 Å². The highest BCUT2D eigenvalue weighted by Gasteiger charge is 2.40. The standard InChI is InChI=1S/C38H48N2O2S4/c1-8-12-17-25(10-3)23-41-30-32-33(44-36(43-32)28(21-39)22-40)31(42-24-26(11-4)18-13-9-2)35-34(30)45-37(46-35)29(38(5,6)7)27-19-15-14-16-20-27/h14-16,19-20,25-26H,8-13,17-18,23-24H2,1-7H3. The maximum Gasteiger partial charge on any atom is 0.150 e. The number of fused-ring (bicyclic) bond motifs is 2. The molecule has 0 saturated heterocycles. The zero-order valence-corrected chi connectivity index (χ0v) is 31.7. The van der Waals surface area contributed by atoms with E-state index in [2.05, 4.69) is 90.9 Å². The summed E-state index contributed by atoms with van der Waals surface area (Å²) in [4.78, 5) is 4.16. The summed E-state index contributed by atoms with van der Waals surface area (Å²) in [6.07, 6.45) is 9.14. The van der Waals surface area contributed by atoms with Crippen molar-refractivity contribution >= 4 is 52.6 Å². The van der Waals surface area contributed by atoms with Crippen molar-refractivity contribution in [3.8, 4) is 23.6 Å². The molecule has 0 aliphatic carbocycles. The molecular weight excluding hydrogens is 645 g/mol. The number of nitrogens with zero attached hydrogens (tertiary/aromatic N) is 2. The van der Waals surface area contributed by atoms with Crippen LogP contribution >= 0.6 is 47.0 Å². The Balaban J connectivity index is 1.90. The van der Waals surface area contributed by atoms with Gasteiger partial charge in [-0.15, -0.1) is 0 Å². The molecule has 2 aromatic carbocycles. The summed E-state index contributed by atoms with van der Waals surface area (Å²) >= 11 is 6.58. The van der Waals surface area contributed by atoms with Crippen LogP contribution in [0, 0.1) is 39.9 Å². The van der Waals surface area contributed by atoms with Crippen molar-refractivity contribution < 1.29 is 9.47 Å². The first-order valence-electron chi connectivity index (χ1n) is 16.8. The van der Waals surface area contributed by atoms with Crippen LogP contribution in [-0.2, 0) is 0 Å². The Morgan fingerprint density at radius 2 is 1.13 bits per heavy atom. The van der Waals surface area contributed by atoms with E-state index in [1.54, 1.807) is 23.5 Å². The highest BCUT2D eigenvalue weighted by atomic mass is 32.2. The Morgan fingerprint density at radius 3 is 1.50 bits per heavy atom. The predicted molar refractivity (Wildman–Crippen MR) is 199 cm³/mol. The summed E-state index contributed by atoms with van der Waals surface area (Å²) in [7, 11) is 0. The quantitative estimate of drug-likeness (QED) is 0.171. The highest BCUT2D eigenvalue weighted by molar-refractivity contribution is 8.26. The van der Waals surface area contributed by atoms with Crippen LogP contribution in [0.2, 0.25) is 0 Å². The van der Waals surface area contributed by atoms with Crippen LogP contribution in [-0.4, -0.2) is 13.2 Å². The van der Waals surface area contributed by atoms with E-state index >= 15 is 0 Å².